The minimum Gasteiger partial charge on any atom is -0.311 e. The van der Waals surface area contributed by atoms with Gasteiger partial charge in [0, 0.05) is 60.1 Å². The number of fused-ring (bicyclic) bond motifs is 13. The van der Waals surface area contributed by atoms with Crippen LogP contribution in [-0.2, 0) is 38.7 Å². The molecule has 378 valence electrons. The third-order valence-corrected chi connectivity index (χ3v) is 18.3. The monoisotopic (exact) mass is 994 g/mol. The maximum absolute atomic E-state index is 18.0. The second-order valence-corrected chi connectivity index (χ2v) is 29.4. The van der Waals surface area contributed by atoms with Crippen LogP contribution in [0.3, 0.4) is 0 Å². The Bertz CT molecular complexity index is 4070. The van der Waals surface area contributed by atoms with Crippen LogP contribution >= 0.6 is 0 Å². The van der Waals surface area contributed by atoms with Crippen molar-refractivity contribution in [2.24, 2.45) is 0 Å². The summed E-state index contributed by atoms with van der Waals surface area (Å²) >= 11 is 0. The molecule has 0 bridgehead atoms. The number of hydrogen-bond donors (Lipinski definition) is 0. The highest BCUT2D eigenvalue weighted by atomic mass is 19.4. The highest BCUT2D eigenvalue weighted by Gasteiger charge is 2.55. The van der Waals surface area contributed by atoms with Crippen molar-refractivity contribution in [1.82, 2.24) is 13.7 Å². The molecule has 75 heavy (non-hydrogen) atoms. The molecule has 3 nitrogen and oxygen atoms in total. The molecule has 10 aromatic rings. The van der Waals surface area contributed by atoms with Crippen molar-refractivity contribution in [3.8, 4) is 17.1 Å². The first kappa shape index (κ1) is 47.3. The SMILES string of the molecule is CC(C)(C)c1ccc2c(c1)c1cc(C(C)(C)C)cc3c1n2-c1c2c4c5c(c1C(F)(F)F)-n1c6ccc(C(C)(C)C)cc6c6cc(C(C)(C)C)cc(c61)B5c1cc(C(C)(C)C)cc5c6cc(C(C)(C)C)cc(c6n-4c15)B23. The van der Waals surface area contributed by atoms with E-state index in [1.807, 2.05) is 0 Å². The zero-order valence-electron chi connectivity index (χ0n) is 47.2. The smallest absolute Gasteiger partial charge is 0.311 e. The number of benzene rings is 7. The van der Waals surface area contributed by atoms with E-state index in [0.29, 0.717) is 0 Å². The molecule has 7 heterocycles. The van der Waals surface area contributed by atoms with Gasteiger partial charge in [0.2, 0.25) is 0 Å². The number of hydrogen-bond acceptors (Lipinski definition) is 0. The normalized spacial score (nSPS) is 15.2. The molecule has 8 heteroatoms. The summed E-state index contributed by atoms with van der Waals surface area (Å²) in [6.07, 6.45) is -4.78. The van der Waals surface area contributed by atoms with E-state index in [9.17, 15) is 0 Å². The van der Waals surface area contributed by atoms with Gasteiger partial charge in [-0.15, -0.1) is 0 Å². The van der Waals surface area contributed by atoms with E-state index in [0.717, 1.165) is 104 Å². The Morgan fingerprint density at radius 1 is 0.307 bits per heavy atom. The molecule has 0 N–H and O–H groups in total. The first-order valence-electron chi connectivity index (χ1n) is 27.4. The number of nitrogens with zero attached hydrogens (tertiary/aromatic N) is 3. The summed E-state index contributed by atoms with van der Waals surface area (Å²) in [6, 6.07) is 32.1. The van der Waals surface area contributed by atoms with Crippen LogP contribution in [0.2, 0.25) is 0 Å². The first-order valence-corrected chi connectivity index (χ1v) is 27.4. The molecule has 14 rings (SSSR count). The molecular weight excluding hydrogens is 925 g/mol. The van der Waals surface area contributed by atoms with Crippen molar-refractivity contribution < 1.29 is 13.2 Å². The minimum absolute atomic E-state index is 0.186. The fourth-order valence-electron chi connectivity index (χ4n) is 14.2. The van der Waals surface area contributed by atoms with Crippen LogP contribution in [0.25, 0.3) is 82.5 Å². The van der Waals surface area contributed by atoms with Gasteiger partial charge in [-0.05, 0) is 147 Å². The Morgan fingerprint density at radius 2 is 0.573 bits per heavy atom. The van der Waals surface area contributed by atoms with Gasteiger partial charge in [0.1, 0.15) is 5.56 Å². The Hall–Kier alpha value is -6.14. The van der Waals surface area contributed by atoms with Gasteiger partial charge in [0.15, 0.2) is 0 Å². The fraction of sp³-hybridized carbons (Fsp3) is 0.373. The average Bonchev–Trinajstić information content (AvgIpc) is 4.12. The van der Waals surface area contributed by atoms with Crippen LogP contribution in [0.15, 0.2) is 84.9 Å². The zero-order chi connectivity index (χ0) is 53.5. The zero-order valence-corrected chi connectivity index (χ0v) is 47.2. The number of alkyl halides is 3. The molecule has 0 fully saturated rings. The molecule has 0 atom stereocenters. The molecule has 0 saturated carbocycles. The standard InChI is InChI=1S/C67H68B2F3N3/c1-61(2,3)33-19-21-49-39(23-33)41-25-35(63(7,8)9)29-45-54(41)73(49)58-51(67(70,71)72)59-53-60-52(58)68(45)47-31-37(65(13,14)15)27-43-44-28-38(66(16,17)18)32-48(57(44)75(60)56(43)47)69(53)46-30-36(64(10,11)12)26-42-40-24-34(62(4,5)6)20-22-50(40)74(59)55(42)46/h19-32H,1-18H3. The topological polar surface area (TPSA) is 14.8 Å². The van der Waals surface area contributed by atoms with E-state index in [1.165, 1.54) is 33.0 Å². The number of aromatic nitrogens is 3. The summed E-state index contributed by atoms with van der Waals surface area (Å²) in [4.78, 5) is 0. The van der Waals surface area contributed by atoms with Crippen molar-refractivity contribution in [3.05, 3.63) is 124 Å². The average molecular weight is 994 g/mol. The van der Waals surface area contributed by atoms with Gasteiger partial charge in [0.25, 0.3) is 13.4 Å². The highest BCUT2D eigenvalue weighted by Crippen LogP contribution is 2.51. The second kappa shape index (κ2) is 13.7. The van der Waals surface area contributed by atoms with E-state index < -0.39 is 25.2 Å². The maximum atomic E-state index is 18.0. The number of halogens is 3. The molecule has 0 unspecified atom stereocenters. The van der Waals surface area contributed by atoms with Crippen LogP contribution < -0.4 is 32.8 Å². The lowest BCUT2D eigenvalue weighted by molar-refractivity contribution is -0.137. The summed E-state index contributed by atoms with van der Waals surface area (Å²) < 4.78 is 60.7. The summed E-state index contributed by atoms with van der Waals surface area (Å²) in [6.45, 7) is 39.6. The fourth-order valence-corrected chi connectivity index (χ4v) is 14.2. The van der Waals surface area contributed by atoms with E-state index in [4.69, 9.17) is 0 Å². The van der Waals surface area contributed by atoms with Gasteiger partial charge < -0.3 is 13.7 Å². The molecule has 7 aromatic carbocycles. The summed E-state index contributed by atoms with van der Waals surface area (Å²) in [5.41, 5.74) is 18.1. The van der Waals surface area contributed by atoms with Crippen molar-refractivity contribution in [2.75, 3.05) is 0 Å². The second-order valence-electron chi connectivity index (χ2n) is 29.4. The van der Waals surface area contributed by atoms with Gasteiger partial charge in [-0.1, -0.05) is 161 Å². The third kappa shape index (κ3) is 5.98. The molecule has 0 saturated heterocycles. The van der Waals surface area contributed by atoms with Crippen molar-refractivity contribution in [3.63, 3.8) is 0 Å². The summed E-state index contributed by atoms with van der Waals surface area (Å²) in [5, 5.41) is 6.36. The molecule has 0 spiro atoms. The molecule has 0 aliphatic carbocycles. The lowest BCUT2D eigenvalue weighted by Gasteiger charge is -2.43. The Labute approximate surface area is 440 Å². The lowest BCUT2D eigenvalue weighted by atomic mass is 9.29. The minimum atomic E-state index is -4.78. The summed E-state index contributed by atoms with van der Waals surface area (Å²) in [7, 11) is 0. The van der Waals surface area contributed by atoms with Crippen LogP contribution in [0, 0.1) is 0 Å². The summed E-state index contributed by atoms with van der Waals surface area (Å²) in [5.74, 6) is 0. The largest absolute Gasteiger partial charge is 0.420 e. The van der Waals surface area contributed by atoms with Crippen molar-refractivity contribution >= 4 is 112 Å². The van der Waals surface area contributed by atoms with Crippen LogP contribution in [-0.4, -0.2) is 27.1 Å². The quantitative estimate of drug-likeness (QED) is 0.135. The predicted molar refractivity (Wildman–Crippen MR) is 316 cm³/mol. The van der Waals surface area contributed by atoms with Gasteiger partial charge >= 0.3 is 6.18 Å². The van der Waals surface area contributed by atoms with E-state index in [-0.39, 0.29) is 43.9 Å². The van der Waals surface area contributed by atoms with E-state index in [2.05, 4.69) is 223 Å². The Balaban J connectivity index is 1.32. The number of rotatable bonds is 0. The van der Waals surface area contributed by atoms with Gasteiger partial charge in [-0.3, -0.25) is 0 Å². The van der Waals surface area contributed by atoms with Gasteiger partial charge in [-0.2, -0.15) is 13.2 Å². The van der Waals surface area contributed by atoms with Gasteiger partial charge in [0.05, 0.1) is 22.4 Å². The third-order valence-electron chi connectivity index (χ3n) is 18.3. The van der Waals surface area contributed by atoms with Crippen LogP contribution in [0.5, 0.6) is 0 Å². The maximum Gasteiger partial charge on any atom is 0.420 e. The Kier molecular flexibility index (Phi) is 8.64. The first-order chi connectivity index (χ1) is 34.7. The van der Waals surface area contributed by atoms with Crippen molar-refractivity contribution in [2.45, 2.75) is 163 Å². The Morgan fingerprint density at radius 3 is 0.853 bits per heavy atom. The van der Waals surface area contributed by atoms with E-state index in [1.54, 1.807) is 0 Å². The molecular formula is C67H68B2F3N3. The van der Waals surface area contributed by atoms with Crippen molar-refractivity contribution in [1.29, 1.82) is 0 Å². The molecule has 4 aliphatic heterocycles. The molecule has 0 amide bonds. The molecule has 0 radical (unpaired) electrons. The predicted octanol–water partition coefficient (Wildman–Crippen LogP) is 14.1. The highest BCUT2D eigenvalue weighted by molar-refractivity contribution is 7.04. The van der Waals surface area contributed by atoms with E-state index >= 15 is 13.2 Å². The molecule has 4 aliphatic rings. The molecule has 3 aromatic heterocycles. The van der Waals surface area contributed by atoms with Crippen LogP contribution in [0.4, 0.5) is 13.2 Å². The lowest BCUT2D eigenvalue weighted by Crippen LogP contribution is -2.67. The van der Waals surface area contributed by atoms with Crippen LogP contribution in [0.1, 0.15) is 164 Å². The van der Waals surface area contributed by atoms with Gasteiger partial charge in [-0.25, -0.2) is 0 Å².